The van der Waals surface area contributed by atoms with Crippen LogP contribution in [-0.2, 0) is 11.3 Å². The lowest BCUT2D eigenvalue weighted by atomic mass is 9.97. The van der Waals surface area contributed by atoms with Crippen LogP contribution in [0.4, 0.5) is 0 Å². The Labute approximate surface area is 133 Å². The SMILES string of the molecule is CCCCCOc1cccc(CN2CCC(C(=O)O)CC2)c1. The lowest BCUT2D eigenvalue weighted by Gasteiger charge is -2.30. The normalized spacial score (nSPS) is 16.6. The fraction of sp³-hybridized carbons (Fsp3) is 0.611. The van der Waals surface area contributed by atoms with Gasteiger partial charge in [-0.3, -0.25) is 9.69 Å². The highest BCUT2D eigenvalue weighted by Crippen LogP contribution is 2.21. The van der Waals surface area contributed by atoms with Gasteiger partial charge < -0.3 is 9.84 Å². The van der Waals surface area contributed by atoms with Gasteiger partial charge in [-0.05, 0) is 50.0 Å². The molecule has 0 atom stereocenters. The van der Waals surface area contributed by atoms with Gasteiger partial charge in [0, 0.05) is 6.54 Å². The first kappa shape index (κ1) is 16.8. The highest BCUT2D eigenvalue weighted by Gasteiger charge is 2.24. The van der Waals surface area contributed by atoms with Crippen molar-refractivity contribution in [1.82, 2.24) is 4.90 Å². The van der Waals surface area contributed by atoms with E-state index in [0.29, 0.717) is 0 Å². The second kappa shape index (κ2) is 8.79. The van der Waals surface area contributed by atoms with Gasteiger partial charge in [0.15, 0.2) is 0 Å². The predicted molar refractivity (Wildman–Crippen MR) is 87.1 cm³/mol. The lowest BCUT2D eigenvalue weighted by Crippen LogP contribution is -2.35. The van der Waals surface area contributed by atoms with Crippen LogP contribution >= 0.6 is 0 Å². The molecule has 0 aromatic heterocycles. The Bertz CT molecular complexity index is 467. The van der Waals surface area contributed by atoms with Gasteiger partial charge in [-0.2, -0.15) is 0 Å². The number of rotatable bonds is 8. The maximum Gasteiger partial charge on any atom is 0.306 e. The Morgan fingerprint density at radius 1 is 1.32 bits per heavy atom. The third-order valence-electron chi connectivity index (χ3n) is 4.26. The third-order valence-corrected chi connectivity index (χ3v) is 4.26. The number of carboxylic acids is 1. The zero-order chi connectivity index (χ0) is 15.8. The summed E-state index contributed by atoms with van der Waals surface area (Å²) in [5, 5.41) is 9.04. The first-order valence-corrected chi connectivity index (χ1v) is 8.36. The lowest BCUT2D eigenvalue weighted by molar-refractivity contribution is -0.143. The predicted octanol–water partition coefficient (Wildman–Crippen LogP) is 3.55. The summed E-state index contributed by atoms with van der Waals surface area (Å²) in [6.07, 6.45) is 5.02. The summed E-state index contributed by atoms with van der Waals surface area (Å²) < 4.78 is 5.79. The van der Waals surface area contributed by atoms with E-state index in [0.717, 1.165) is 51.3 Å². The third kappa shape index (κ3) is 5.34. The van der Waals surface area contributed by atoms with E-state index in [1.165, 1.54) is 18.4 Å². The molecule has 122 valence electrons. The monoisotopic (exact) mass is 305 g/mol. The van der Waals surface area contributed by atoms with Crippen molar-refractivity contribution in [3.63, 3.8) is 0 Å². The molecule has 1 aliphatic rings. The summed E-state index contributed by atoms with van der Waals surface area (Å²) in [6.45, 7) is 5.56. The number of hydrogen-bond acceptors (Lipinski definition) is 3. The number of carbonyl (C=O) groups is 1. The average Bonchev–Trinajstić information content (AvgIpc) is 2.52. The molecule has 0 bridgehead atoms. The van der Waals surface area contributed by atoms with Gasteiger partial charge in [0.1, 0.15) is 5.75 Å². The van der Waals surface area contributed by atoms with Crippen LogP contribution < -0.4 is 4.74 Å². The fourth-order valence-electron chi connectivity index (χ4n) is 2.87. The number of hydrogen-bond donors (Lipinski definition) is 1. The highest BCUT2D eigenvalue weighted by molar-refractivity contribution is 5.70. The van der Waals surface area contributed by atoms with Gasteiger partial charge in [-0.15, -0.1) is 0 Å². The molecular weight excluding hydrogens is 278 g/mol. The molecule has 0 radical (unpaired) electrons. The van der Waals surface area contributed by atoms with Gasteiger partial charge in [-0.1, -0.05) is 31.9 Å². The number of unbranched alkanes of at least 4 members (excludes halogenated alkanes) is 2. The summed E-state index contributed by atoms with van der Waals surface area (Å²) in [4.78, 5) is 13.3. The fourth-order valence-corrected chi connectivity index (χ4v) is 2.87. The Hall–Kier alpha value is -1.55. The summed E-state index contributed by atoms with van der Waals surface area (Å²) in [7, 11) is 0. The second-order valence-corrected chi connectivity index (χ2v) is 6.09. The van der Waals surface area contributed by atoms with E-state index in [9.17, 15) is 4.79 Å². The molecule has 1 aromatic rings. The molecule has 1 aliphatic heterocycles. The molecule has 22 heavy (non-hydrogen) atoms. The number of carboxylic acid groups (broad SMARTS) is 1. The minimum Gasteiger partial charge on any atom is -0.494 e. The van der Waals surface area contributed by atoms with Gasteiger partial charge in [0.25, 0.3) is 0 Å². The van der Waals surface area contributed by atoms with Gasteiger partial charge >= 0.3 is 5.97 Å². The summed E-state index contributed by atoms with van der Waals surface area (Å²) in [5.41, 5.74) is 1.24. The van der Waals surface area contributed by atoms with Crippen molar-refractivity contribution >= 4 is 5.97 Å². The van der Waals surface area contributed by atoms with Crippen molar-refractivity contribution in [2.75, 3.05) is 19.7 Å². The van der Waals surface area contributed by atoms with Crippen molar-refractivity contribution < 1.29 is 14.6 Å². The maximum atomic E-state index is 11.0. The van der Waals surface area contributed by atoms with Gasteiger partial charge in [-0.25, -0.2) is 0 Å². The van der Waals surface area contributed by atoms with E-state index in [1.54, 1.807) is 0 Å². The summed E-state index contributed by atoms with van der Waals surface area (Å²) in [6, 6.07) is 8.26. The standard InChI is InChI=1S/C18H27NO3/c1-2-3-4-12-22-17-7-5-6-15(13-17)14-19-10-8-16(9-11-19)18(20)21/h5-7,13,16H,2-4,8-12,14H2,1H3,(H,20,21). The molecule has 1 fully saturated rings. The molecule has 0 aliphatic carbocycles. The Kier molecular flexibility index (Phi) is 6.72. The van der Waals surface area contributed by atoms with Crippen molar-refractivity contribution in [2.24, 2.45) is 5.92 Å². The molecular formula is C18H27NO3. The van der Waals surface area contributed by atoms with Crippen LogP contribution in [0.5, 0.6) is 5.75 Å². The Balaban J connectivity index is 1.79. The summed E-state index contributed by atoms with van der Waals surface area (Å²) in [5.74, 6) is 0.126. The Morgan fingerprint density at radius 3 is 2.77 bits per heavy atom. The van der Waals surface area contributed by atoms with Crippen LogP contribution in [0.2, 0.25) is 0 Å². The molecule has 0 amide bonds. The van der Waals surface area contributed by atoms with Crippen molar-refractivity contribution in [3.8, 4) is 5.75 Å². The van der Waals surface area contributed by atoms with Crippen molar-refractivity contribution in [2.45, 2.75) is 45.6 Å². The quantitative estimate of drug-likeness (QED) is 0.746. The van der Waals surface area contributed by atoms with Crippen LogP contribution in [0.3, 0.4) is 0 Å². The number of benzene rings is 1. The molecule has 0 unspecified atom stereocenters. The number of nitrogens with zero attached hydrogens (tertiary/aromatic N) is 1. The van der Waals surface area contributed by atoms with E-state index in [1.807, 2.05) is 12.1 Å². The minimum atomic E-state index is -0.651. The molecule has 1 heterocycles. The molecule has 4 heteroatoms. The van der Waals surface area contributed by atoms with E-state index in [4.69, 9.17) is 9.84 Å². The molecule has 1 N–H and O–H groups in total. The van der Waals surface area contributed by atoms with E-state index in [2.05, 4.69) is 24.0 Å². The van der Waals surface area contributed by atoms with Crippen LogP contribution in [0.15, 0.2) is 24.3 Å². The van der Waals surface area contributed by atoms with Crippen molar-refractivity contribution in [3.05, 3.63) is 29.8 Å². The number of likely N-dealkylation sites (tertiary alicyclic amines) is 1. The molecule has 0 saturated carbocycles. The largest absolute Gasteiger partial charge is 0.494 e. The number of aliphatic carboxylic acids is 1. The van der Waals surface area contributed by atoms with Gasteiger partial charge in [0.2, 0.25) is 0 Å². The first-order chi connectivity index (χ1) is 10.7. The maximum absolute atomic E-state index is 11.0. The smallest absolute Gasteiger partial charge is 0.306 e. The topological polar surface area (TPSA) is 49.8 Å². The first-order valence-electron chi connectivity index (χ1n) is 8.36. The van der Waals surface area contributed by atoms with Crippen LogP contribution in [0.1, 0.15) is 44.6 Å². The van der Waals surface area contributed by atoms with Crippen LogP contribution in [0.25, 0.3) is 0 Å². The van der Waals surface area contributed by atoms with Gasteiger partial charge in [0.05, 0.1) is 12.5 Å². The highest BCUT2D eigenvalue weighted by atomic mass is 16.5. The molecule has 0 spiro atoms. The minimum absolute atomic E-state index is 0.163. The van der Waals surface area contributed by atoms with E-state index >= 15 is 0 Å². The Morgan fingerprint density at radius 2 is 2.09 bits per heavy atom. The number of piperidine rings is 1. The van der Waals surface area contributed by atoms with Crippen LogP contribution in [-0.4, -0.2) is 35.7 Å². The van der Waals surface area contributed by atoms with Crippen LogP contribution in [0, 0.1) is 5.92 Å². The van der Waals surface area contributed by atoms with E-state index < -0.39 is 5.97 Å². The molecule has 1 saturated heterocycles. The zero-order valence-corrected chi connectivity index (χ0v) is 13.5. The zero-order valence-electron chi connectivity index (χ0n) is 13.5. The second-order valence-electron chi connectivity index (χ2n) is 6.09. The molecule has 2 rings (SSSR count). The number of ether oxygens (including phenoxy) is 1. The molecule has 4 nitrogen and oxygen atoms in total. The average molecular weight is 305 g/mol. The molecule has 1 aromatic carbocycles. The van der Waals surface area contributed by atoms with Crippen molar-refractivity contribution in [1.29, 1.82) is 0 Å². The van der Waals surface area contributed by atoms with E-state index in [-0.39, 0.29) is 5.92 Å². The summed E-state index contributed by atoms with van der Waals surface area (Å²) >= 11 is 0.